The van der Waals surface area contributed by atoms with Crippen LogP contribution in [0, 0.1) is 0 Å². The molecule has 0 radical (unpaired) electrons. The van der Waals surface area contributed by atoms with Gasteiger partial charge in [-0.05, 0) is 37.3 Å². The summed E-state index contributed by atoms with van der Waals surface area (Å²) in [6.07, 6.45) is 0. The fraction of sp³-hybridized carbons (Fsp3) is 0.118. The van der Waals surface area contributed by atoms with Crippen LogP contribution in [0.5, 0.6) is 5.75 Å². The average Bonchev–Trinajstić information content (AvgIpc) is 2.56. The summed E-state index contributed by atoms with van der Waals surface area (Å²) in [7, 11) is 0. The number of ether oxygens (including phenoxy) is 1. The van der Waals surface area contributed by atoms with Gasteiger partial charge in [-0.2, -0.15) is 0 Å². The van der Waals surface area contributed by atoms with Crippen LogP contribution in [0.4, 0.5) is 11.4 Å². The Balaban J connectivity index is 1.85. The highest BCUT2D eigenvalue weighted by Gasteiger charge is 2.47. The number of nitrogens with two attached hydrogens (primary N) is 1. The lowest BCUT2D eigenvalue weighted by atomic mass is 10.0. The fourth-order valence-corrected chi connectivity index (χ4v) is 2.32. The molecule has 24 heavy (non-hydrogen) atoms. The highest BCUT2D eigenvalue weighted by Crippen LogP contribution is 2.33. The first-order chi connectivity index (χ1) is 11.4. The molecule has 122 valence electrons. The summed E-state index contributed by atoms with van der Waals surface area (Å²) < 4.78 is 5.63. The molecule has 0 saturated heterocycles. The van der Waals surface area contributed by atoms with Gasteiger partial charge in [0.15, 0.2) is 0 Å². The predicted octanol–water partition coefficient (Wildman–Crippen LogP) is 1.51. The van der Waals surface area contributed by atoms with E-state index in [1.165, 1.54) is 19.1 Å². The number of fused-ring (bicyclic) bond motifs is 1. The minimum Gasteiger partial charge on any atom is -0.466 e. The Hall–Kier alpha value is -3.35. The molecule has 1 heterocycles. The molecule has 3 amide bonds. The van der Waals surface area contributed by atoms with E-state index in [-0.39, 0.29) is 5.56 Å². The molecule has 7 nitrogen and oxygen atoms in total. The fourth-order valence-electron chi connectivity index (χ4n) is 2.32. The van der Waals surface area contributed by atoms with E-state index in [0.717, 1.165) is 0 Å². The van der Waals surface area contributed by atoms with Crippen LogP contribution in [-0.4, -0.2) is 23.3 Å². The zero-order valence-electron chi connectivity index (χ0n) is 12.8. The summed E-state index contributed by atoms with van der Waals surface area (Å²) in [6.45, 7) is 1.38. The number of para-hydroxylation sites is 2. The molecular weight excluding hydrogens is 310 g/mol. The lowest BCUT2D eigenvalue weighted by Gasteiger charge is -2.33. The number of hydrogen-bond acceptors (Lipinski definition) is 4. The van der Waals surface area contributed by atoms with E-state index in [0.29, 0.717) is 17.1 Å². The summed E-state index contributed by atoms with van der Waals surface area (Å²) in [5, 5.41) is 5.22. The summed E-state index contributed by atoms with van der Waals surface area (Å²) >= 11 is 0. The molecule has 1 atom stereocenters. The van der Waals surface area contributed by atoms with Gasteiger partial charge in [0.1, 0.15) is 5.75 Å². The number of primary amides is 1. The minimum absolute atomic E-state index is 0.248. The highest BCUT2D eigenvalue weighted by atomic mass is 16.5. The van der Waals surface area contributed by atoms with Gasteiger partial charge >= 0.3 is 0 Å². The first-order valence-corrected chi connectivity index (χ1v) is 7.21. The van der Waals surface area contributed by atoms with E-state index in [1.54, 1.807) is 36.4 Å². The number of anilines is 2. The maximum atomic E-state index is 12.6. The standard InChI is InChI=1S/C17H15N3O4/c1-17(16(23)20-12-7-2-3-8-13(12)24-17)15(22)19-11-6-4-5-10(9-11)14(18)21/h2-9H,1H3,(H2,18,21)(H,19,22)(H,20,23). The molecule has 2 aromatic carbocycles. The van der Waals surface area contributed by atoms with Crippen LogP contribution in [0.1, 0.15) is 17.3 Å². The Kier molecular flexibility index (Phi) is 3.69. The molecule has 2 aromatic rings. The number of benzene rings is 2. The lowest BCUT2D eigenvalue weighted by molar-refractivity contribution is -0.143. The quantitative estimate of drug-likeness (QED) is 0.743. The molecule has 4 N–H and O–H groups in total. The van der Waals surface area contributed by atoms with Crippen molar-refractivity contribution in [2.75, 3.05) is 10.6 Å². The Labute approximate surface area is 137 Å². The van der Waals surface area contributed by atoms with Crippen LogP contribution in [0.3, 0.4) is 0 Å². The number of nitrogens with one attached hydrogen (secondary N) is 2. The number of amides is 3. The van der Waals surface area contributed by atoms with Gasteiger partial charge in [-0.25, -0.2) is 0 Å². The summed E-state index contributed by atoms with van der Waals surface area (Å²) in [5.41, 5.74) is 4.57. The van der Waals surface area contributed by atoms with E-state index in [9.17, 15) is 14.4 Å². The molecule has 0 aliphatic carbocycles. The van der Waals surface area contributed by atoms with Crippen LogP contribution < -0.4 is 21.1 Å². The minimum atomic E-state index is -1.74. The molecular formula is C17H15N3O4. The first kappa shape index (κ1) is 15.5. The smallest absolute Gasteiger partial charge is 0.278 e. The molecule has 1 aliphatic rings. The van der Waals surface area contributed by atoms with Crippen LogP contribution in [0.2, 0.25) is 0 Å². The zero-order chi connectivity index (χ0) is 17.3. The van der Waals surface area contributed by atoms with E-state index in [2.05, 4.69) is 10.6 Å². The molecule has 0 aromatic heterocycles. The van der Waals surface area contributed by atoms with Crippen LogP contribution in [0.25, 0.3) is 0 Å². The summed E-state index contributed by atoms with van der Waals surface area (Å²) in [5.74, 6) is -1.44. The van der Waals surface area contributed by atoms with E-state index in [1.807, 2.05) is 0 Å². The van der Waals surface area contributed by atoms with Crippen molar-refractivity contribution in [3.05, 3.63) is 54.1 Å². The Bertz CT molecular complexity index is 849. The van der Waals surface area contributed by atoms with E-state index >= 15 is 0 Å². The SMILES string of the molecule is CC1(C(=O)Nc2cccc(C(N)=O)c2)Oc2ccccc2NC1=O. The van der Waals surface area contributed by atoms with Gasteiger partial charge < -0.3 is 21.1 Å². The molecule has 0 bridgehead atoms. The molecule has 3 rings (SSSR count). The van der Waals surface area contributed by atoms with E-state index in [4.69, 9.17) is 10.5 Å². The van der Waals surface area contributed by atoms with Crippen molar-refractivity contribution < 1.29 is 19.1 Å². The summed E-state index contributed by atoms with van der Waals surface area (Å²) in [6, 6.07) is 13.0. The van der Waals surface area contributed by atoms with Gasteiger partial charge in [0.25, 0.3) is 17.4 Å². The van der Waals surface area contributed by atoms with Gasteiger partial charge in [-0.1, -0.05) is 18.2 Å². The first-order valence-electron chi connectivity index (χ1n) is 7.21. The molecule has 0 fully saturated rings. The van der Waals surface area contributed by atoms with Crippen molar-refractivity contribution in [3.8, 4) is 5.75 Å². The van der Waals surface area contributed by atoms with Crippen LogP contribution in [0.15, 0.2) is 48.5 Å². The van der Waals surface area contributed by atoms with Crippen molar-refractivity contribution >= 4 is 29.1 Å². The normalized spacial score (nSPS) is 18.8. The molecule has 1 aliphatic heterocycles. The summed E-state index contributed by atoms with van der Waals surface area (Å²) in [4.78, 5) is 36.1. The van der Waals surface area contributed by atoms with Gasteiger partial charge in [0.05, 0.1) is 5.69 Å². The van der Waals surface area contributed by atoms with Crippen molar-refractivity contribution in [3.63, 3.8) is 0 Å². The Morgan fingerprint density at radius 2 is 1.92 bits per heavy atom. The van der Waals surface area contributed by atoms with E-state index < -0.39 is 23.3 Å². The van der Waals surface area contributed by atoms with Crippen molar-refractivity contribution in [1.82, 2.24) is 0 Å². The third-order valence-electron chi connectivity index (χ3n) is 3.72. The third-order valence-corrected chi connectivity index (χ3v) is 3.72. The maximum absolute atomic E-state index is 12.6. The predicted molar refractivity (Wildman–Crippen MR) is 87.7 cm³/mol. The number of carbonyl (C=O) groups is 3. The number of carbonyl (C=O) groups excluding carboxylic acids is 3. The van der Waals surface area contributed by atoms with Crippen molar-refractivity contribution in [2.45, 2.75) is 12.5 Å². The molecule has 0 spiro atoms. The van der Waals surface area contributed by atoms with Crippen molar-refractivity contribution in [1.29, 1.82) is 0 Å². The van der Waals surface area contributed by atoms with Crippen LogP contribution in [-0.2, 0) is 9.59 Å². The van der Waals surface area contributed by atoms with Crippen molar-refractivity contribution in [2.24, 2.45) is 5.73 Å². The number of hydrogen-bond donors (Lipinski definition) is 3. The van der Waals surface area contributed by atoms with Gasteiger partial charge in [0.2, 0.25) is 5.91 Å². The van der Waals surface area contributed by atoms with Gasteiger partial charge in [-0.3, -0.25) is 14.4 Å². The second-order valence-corrected chi connectivity index (χ2v) is 5.48. The molecule has 1 unspecified atom stereocenters. The Morgan fingerprint density at radius 1 is 1.17 bits per heavy atom. The monoisotopic (exact) mass is 325 g/mol. The molecule has 7 heteroatoms. The van der Waals surface area contributed by atoms with Crippen LogP contribution >= 0.6 is 0 Å². The second-order valence-electron chi connectivity index (χ2n) is 5.48. The zero-order valence-corrected chi connectivity index (χ0v) is 12.8. The number of rotatable bonds is 3. The second kappa shape index (κ2) is 5.69. The topological polar surface area (TPSA) is 111 Å². The maximum Gasteiger partial charge on any atom is 0.278 e. The Morgan fingerprint density at radius 3 is 2.67 bits per heavy atom. The largest absolute Gasteiger partial charge is 0.466 e. The highest BCUT2D eigenvalue weighted by molar-refractivity contribution is 6.19. The molecule has 0 saturated carbocycles. The van der Waals surface area contributed by atoms with Gasteiger partial charge in [-0.15, -0.1) is 0 Å². The third kappa shape index (κ3) is 2.67. The average molecular weight is 325 g/mol. The van der Waals surface area contributed by atoms with Gasteiger partial charge in [0, 0.05) is 11.3 Å². The lowest BCUT2D eigenvalue weighted by Crippen LogP contribution is -2.56.